The van der Waals surface area contributed by atoms with E-state index in [2.05, 4.69) is 24.7 Å². The summed E-state index contributed by atoms with van der Waals surface area (Å²) in [5, 5.41) is 5.00. The average molecular weight is 356 g/mol. The van der Waals surface area contributed by atoms with Crippen molar-refractivity contribution < 1.29 is 13.5 Å². The third kappa shape index (κ3) is 5.09. The minimum atomic E-state index is -1.17. The van der Waals surface area contributed by atoms with Crippen LogP contribution in [-0.2, 0) is 17.9 Å². The third-order valence-electron chi connectivity index (χ3n) is 3.84. The largest absolute Gasteiger partial charge is 0.360 e. The molecule has 0 radical (unpaired) electrons. The van der Waals surface area contributed by atoms with Gasteiger partial charge in [-0.1, -0.05) is 19.6 Å². The van der Waals surface area contributed by atoms with Crippen LogP contribution in [0.5, 0.6) is 0 Å². The molecule has 134 valence electrons. The predicted molar refractivity (Wildman–Crippen MR) is 96.0 cm³/mol. The van der Waals surface area contributed by atoms with Crippen molar-refractivity contribution in [3.8, 4) is 0 Å². The van der Waals surface area contributed by atoms with Crippen molar-refractivity contribution in [2.45, 2.75) is 38.8 Å². The normalized spacial score (nSPS) is 12.5. The maximum atomic E-state index is 14.3. The van der Waals surface area contributed by atoms with Crippen molar-refractivity contribution >= 4 is 19.0 Å². The van der Waals surface area contributed by atoms with Gasteiger partial charge in [-0.05, 0) is 26.2 Å². The van der Waals surface area contributed by atoms with E-state index in [9.17, 15) is 8.78 Å². The first-order valence-corrected chi connectivity index (χ1v) is 11.9. The number of fused-ring (bicyclic) bond motifs is 1. The number of benzene rings is 1. The molecule has 24 heavy (non-hydrogen) atoms. The molecular weight excluding hydrogens is 328 g/mol. The smallest absolute Gasteiger partial charge is 0.152 e. The van der Waals surface area contributed by atoms with Crippen LogP contribution in [0.1, 0.15) is 5.69 Å². The molecule has 1 aromatic carbocycles. The molecule has 0 spiro atoms. The van der Waals surface area contributed by atoms with Crippen molar-refractivity contribution in [3.63, 3.8) is 0 Å². The number of hydrogen-bond acceptors (Lipinski definition) is 3. The van der Waals surface area contributed by atoms with Crippen molar-refractivity contribution in [3.05, 3.63) is 29.5 Å². The zero-order chi connectivity index (χ0) is 17.9. The number of hydrogen-bond donors (Lipinski definition) is 0. The molecule has 4 nitrogen and oxygen atoms in total. The summed E-state index contributed by atoms with van der Waals surface area (Å²) in [4.78, 5) is 2.02. The van der Waals surface area contributed by atoms with Crippen molar-refractivity contribution in [1.82, 2.24) is 14.7 Å². The molecule has 0 saturated heterocycles. The number of rotatable bonds is 8. The molecule has 0 unspecified atom stereocenters. The molecule has 0 fully saturated rings. The first-order valence-electron chi connectivity index (χ1n) is 8.24. The Balaban J connectivity index is 2.22. The lowest BCUT2D eigenvalue weighted by Gasteiger charge is -2.15. The molecule has 0 atom stereocenters. The number of halogens is 2. The van der Waals surface area contributed by atoms with Gasteiger partial charge in [0.2, 0.25) is 0 Å². The Labute approximate surface area is 143 Å². The Hall–Kier alpha value is -1.31. The maximum Gasteiger partial charge on any atom is 0.152 e. The lowest BCUT2D eigenvalue weighted by atomic mass is 10.1. The zero-order valence-electron chi connectivity index (χ0n) is 15.2. The Kier molecular flexibility index (Phi) is 6.11. The predicted octanol–water partition coefficient (Wildman–Crippen LogP) is 3.73. The minimum Gasteiger partial charge on any atom is -0.360 e. The summed E-state index contributed by atoms with van der Waals surface area (Å²) < 4.78 is 35.1. The molecule has 2 aromatic rings. The van der Waals surface area contributed by atoms with Crippen LogP contribution >= 0.6 is 0 Å². The van der Waals surface area contributed by atoms with Crippen molar-refractivity contribution in [2.24, 2.45) is 0 Å². The van der Waals surface area contributed by atoms with E-state index < -0.39 is 19.7 Å². The van der Waals surface area contributed by atoms with Gasteiger partial charge in [-0.25, -0.2) is 13.5 Å². The highest BCUT2D eigenvalue weighted by Gasteiger charge is 2.17. The molecule has 0 N–H and O–H groups in total. The summed E-state index contributed by atoms with van der Waals surface area (Å²) in [6.07, 6.45) is 0.633. The van der Waals surface area contributed by atoms with E-state index in [1.54, 1.807) is 0 Å². The molecular formula is C17H27F2N3OSi. The molecule has 0 aliphatic rings. The van der Waals surface area contributed by atoms with Gasteiger partial charge in [0, 0.05) is 39.1 Å². The van der Waals surface area contributed by atoms with E-state index in [0.29, 0.717) is 29.6 Å². The van der Waals surface area contributed by atoms with Crippen LogP contribution in [0.15, 0.2) is 12.1 Å². The van der Waals surface area contributed by atoms with Crippen LogP contribution in [-0.4, -0.2) is 50.0 Å². The fraction of sp³-hybridized carbons (Fsp3) is 0.588. The van der Waals surface area contributed by atoms with E-state index in [1.165, 1.54) is 10.7 Å². The van der Waals surface area contributed by atoms with Gasteiger partial charge in [-0.15, -0.1) is 0 Å². The lowest BCUT2D eigenvalue weighted by Crippen LogP contribution is -2.22. The van der Waals surface area contributed by atoms with Crippen molar-refractivity contribution in [2.75, 3.05) is 27.2 Å². The summed E-state index contributed by atoms with van der Waals surface area (Å²) >= 11 is 0. The molecule has 0 aliphatic heterocycles. The maximum absolute atomic E-state index is 14.3. The zero-order valence-corrected chi connectivity index (χ0v) is 16.2. The highest BCUT2D eigenvalue weighted by atomic mass is 28.3. The molecule has 1 heterocycles. The van der Waals surface area contributed by atoms with E-state index in [4.69, 9.17) is 4.74 Å². The van der Waals surface area contributed by atoms with Gasteiger partial charge in [-0.2, -0.15) is 5.10 Å². The molecule has 7 heteroatoms. The van der Waals surface area contributed by atoms with Crippen LogP contribution in [0.2, 0.25) is 25.7 Å². The van der Waals surface area contributed by atoms with Gasteiger partial charge in [-0.3, -0.25) is 0 Å². The number of nitrogens with zero attached hydrogens (tertiary/aromatic N) is 3. The lowest BCUT2D eigenvalue weighted by molar-refractivity contribution is 0.0810. The Morgan fingerprint density at radius 3 is 2.54 bits per heavy atom. The van der Waals surface area contributed by atoms with E-state index in [0.717, 1.165) is 18.7 Å². The summed E-state index contributed by atoms with van der Waals surface area (Å²) in [5.41, 5.74) is 1.02. The standard InChI is InChI=1S/C17H27F2N3OSi/c1-21(2)7-6-16-14-10-13(18)11-15(19)17(14)22(20-16)12-23-8-9-24(3,4)5/h10-11H,6-9,12H2,1-5H3. The monoisotopic (exact) mass is 355 g/mol. The van der Waals surface area contributed by atoms with Gasteiger partial charge in [0.15, 0.2) is 5.82 Å². The van der Waals surface area contributed by atoms with Gasteiger partial charge in [0.05, 0.1) is 5.69 Å². The third-order valence-corrected chi connectivity index (χ3v) is 5.55. The molecule has 0 bridgehead atoms. The molecule has 1 aromatic heterocycles. The fourth-order valence-electron chi connectivity index (χ4n) is 2.43. The molecule has 0 amide bonds. The summed E-state index contributed by atoms with van der Waals surface area (Å²) in [7, 11) is 2.75. The number of aromatic nitrogens is 2. The highest BCUT2D eigenvalue weighted by Crippen LogP contribution is 2.24. The SMILES string of the molecule is CN(C)CCc1nn(COCC[Si](C)(C)C)c2c(F)cc(F)cc12. The van der Waals surface area contributed by atoms with Gasteiger partial charge < -0.3 is 9.64 Å². The fourth-order valence-corrected chi connectivity index (χ4v) is 3.19. The summed E-state index contributed by atoms with van der Waals surface area (Å²) in [6, 6.07) is 3.30. The quantitative estimate of drug-likeness (QED) is 0.534. The average Bonchev–Trinajstić information content (AvgIpc) is 2.78. The second-order valence-electron chi connectivity index (χ2n) is 7.63. The molecule has 0 saturated carbocycles. The van der Waals surface area contributed by atoms with E-state index in [1.807, 2.05) is 19.0 Å². The Morgan fingerprint density at radius 2 is 1.92 bits per heavy atom. The van der Waals surface area contributed by atoms with Gasteiger partial charge >= 0.3 is 0 Å². The Bertz CT molecular complexity index is 695. The van der Waals surface area contributed by atoms with Crippen molar-refractivity contribution in [1.29, 1.82) is 0 Å². The number of likely N-dealkylation sites (N-methyl/N-ethyl adjacent to an activating group) is 1. The highest BCUT2D eigenvalue weighted by molar-refractivity contribution is 6.76. The van der Waals surface area contributed by atoms with Crippen LogP contribution in [0.3, 0.4) is 0 Å². The summed E-state index contributed by atoms with van der Waals surface area (Å²) in [6.45, 7) is 8.42. The van der Waals surface area contributed by atoms with Crippen LogP contribution < -0.4 is 0 Å². The first-order chi connectivity index (χ1) is 11.2. The van der Waals surface area contributed by atoms with Crippen LogP contribution in [0.25, 0.3) is 10.9 Å². The van der Waals surface area contributed by atoms with Crippen LogP contribution in [0, 0.1) is 11.6 Å². The second-order valence-corrected chi connectivity index (χ2v) is 13.3. The Morgan fingerprint density at radius 1 is 1.21 bits per heavy atom. The molecule has 0 aliphatic carbocycles. The minimum absolute atomic E-state index is 0.186. The van der Waals surface area contributed by atoms with Gasteiger partial charge in [0.1, 0.15) is 18.1 Å². The first kappa shape index (κ1) is 19.0. The van der Waals surface area contributed by atoms with E-state index in [-0.39, 0.29) is 6.73 Å². The second kappa shape index (κ2) is 7.71. The van der Waals surface area contributed by atoms with E-state index >= 15 is 0 Å². The molecule has 2 rings (SSSR count). The number of ether oxygens (including phenoxy) is 1. The van der Waals surface area contributed by atoms with Crippen LogP contribution in [0.4, 0.5) is 8.78 Å². The summed E-state index contributed by atoms with van der Waals surface area (Å²) in [5.74, 6) is -1.17. The van der Waals surface area contributed by atoms with Gasteiger partial charge in [0.25, 0.3) is 0 Å². The topological polar surface area (TPSA) is 30.3 Å².